The van der Waals surface area contributed by atoms with Gasteiger partial charge in [-0.2, -0.15) is 10.1 Å². The molecule has 1 atom stereocenters. The Balaban J connectivity index is 1.75. The van der Waals surface area contributed by atoms with Gasteiger partial charge in [-0.15, -0.1) is 0 Å². The van der Waals surface area contributed by atoms with Crippen LogP contribution in [0.1, 0.15) is 66.3 Å². The molecule has 2 aromatic rings. The van der Waals surface area contributed by atoms with E-state index in [4.69, 9.17) is 4.52 Å². The van der Waals surface area contributed by atoms with Gasteiger partial charge in [-0.25, -0.2) is 0 Å². The fraction of sp³-hybridized carbons (Fsp3) is 0.625. The average Bonchev–Trinajstić information content (AvgIpc) is 3.13. The first-order valence-corrected chi connectivity index (χ1v) is 8.08. The Bertz CT molecular complexity index is 703. The van der Waals surface area contributed by atoms with Gasteiger partial charge in [0, 0.05) is 38.2 Å². The molecule has 1 saturated heterocycles. The van der Waals surface area contributed by atoms with E-state index in [9.17, 15) is 4.79 Å². The maximum Gasteiger partial charge on any atom is 0.257 e. The highest BCUT2D eigenvalue weighted by atomic mass is 16.5. The van der Waals surface area contributed by atoms with Crippen LogP contribution in [0.25, 0.3) is 0 Å². The quantitative estimate of drug-likeness (QED) is 0.867. The monoisotopic (exact) mass is 317 g/mol. The van der Waals surface area contributed by atoms with Crippen molar-refractivity contribution in [3.05, 3.63) is 29.2 Å². The molecular weight excluding hydrogens is 294 g/mol. The fourth-order valence-electron chi connectivity index (χ4n) is 3.00. The molecule has 1 aliphatic heterocycles. The summed E-state index contributed by atoms with van der Waals surface area (Å²) in [6.07, 6.45) is 3.71. The molecule has 0 aliphatic carbocycles. The Morgan fingerprint density at radius 1 is 1.43 bits per heavy atom. The van der Waals surface area contributed by atoms with E-state index in [1.54, 1.807) is 10.9 Å². The van der Waals surface area contributed by atoms with Crippen molar-refractivity contribution < 1.29 is 9.32 Å². The van der Waals surface area contributed by atoms with E-state index in [-0.39, 0.29) is 17.7 Å². The molecule has 124 valence electrons. The Labute approximate surface area is 135 Å². The van der Waals surface area contributed by atoms with Gasteiger partial charge >= 0.3 is 0 Å². The van der Waals surface area contributed by atoms with Gasteiger partial charge in [-0.3, -0.25) is 9.48 Å². The third-order valence-electron chi connectivity index (χ3n) is 4.27. The lowest BCUT2D eigenvalue weighted by molar-refractivity contribution is 0.0703. The SMILES string of the molecule is Cc1nn(C)cc1C(=O)N1CCCC(c2noc(C(C)C)n2)C1. The van der Waals surface area contributed by atoms with E-state index in [0.29, 0.717) is 23.8 Å². The third-order valence-corrected chi connectivity index (χ3v) is 4.27. The van der Waals surface area contributed by atoms with Gasteiger partial charge in [0.15, 0.2) is 5.82 Å². The summed E-state index contributed by atoms with van der Waals surface area (Å²) < 4.78 is 6.98. The second kappa shape index (κ2) is 6.14. The number of aryl methyl sites for hydroxylation is 2. The van der Waals surface area contributed by atoms with E-state index in [0.717, 1.165) is 25.1 Å². The summed E-state index contributed by atoms with van der Waals surface area (Å²) in [4.78, 5) is 19.1. The zero-order chi connectivity index (χ0) is 16.6. The molecule has 1 fully saturated rings. The van der Waals surface area contributed by atoms with Gasteiger partial charge in [0.25, 0.3) is 5.91 Å². The van der Waals surface area contributed by atoms with Crippen LogP contribution in [0.3, 0.4) is 0 Å². The van der Waals surface area contributed by atoms with Crippen LogP contribution in [0.2, 0.25) is 0 Å². The number of rotatable bonds is 3. The minimum atomic E-state index is 0.0351. The summed E-state index contributed by atoms with van der Waals surface area (Å²) in [5.41, 5.74) is 1.44. The topological polar surface area (TPSA) is 77.0 Å². The molecular formula is C16H23N5O2. The van der Waals surface area contributed by atoms with E-state index in [2.05, 4.69) is 15.2 Å². The standard InChI is InChI=1S/C16H23N5O2/c1-10(2)15-17-14(19-23-15)12-6-5-7-21(8-12)16(22)13-9-20(4)18-11(13)3/h9-10,12H,5-8H2,1-4H3. The molecule has 0 bridgehead atoms. The predicted octanol–water partition coefficient (Wildman–Crippen LogP) is 2.25. The Morgan fingerprint density at radius 2 is 2.22 bits per heavy atom. The highest BCUT2D eigenvalue weighted by molar-refractivity contribution is 5.95. The van der Waals surface area contributed by atoms with E-state index in [1.165, 1.54) is 0 Å². The zero-order valence-electron chi connectivity index (χ0n) is 14.1. The maximum atomic E-state index is 12.7. The average molecular weight is 317 g/mol. The Morgan fingerprint density at radius 3 is 2.83 bits per heavy atom. The van der Waals surface area contributed by atoms with Crippen molar-refractivity contribution in [1.82, 2.24) is 24.8 Å². The summed E-state index contributed by atoms with van der Waals surface area (Å²) in [6.45, 7) is 7.31. The fourth-order valence-corrected chi connectivity index (χ4v) is 3.00. The normalized spacial score (nSPS) is 18.7. The van der Waals surface area contributed by atoms with Gasteiger partial charge < -0.3 is 9.42 Å². The van der Waals surface area contributed by atoms with E-state index < -0.39 is 0 Å². The molecule has 1 unspecified atom stereocenters. The molecule has 23 heavy (non-hydrogen) atoms. The highest BCUT2D eigenvalue weighted by Gasteiger charge is 2.30. The lowest BCUT2D eigenvalue weighted by Gasteiger charge is -2.31. The number of nitrogens with zero attached hydrogens (tertiary/aromatic N) is 5. The van der Waals surface area contributed by atoms with Gasteiger partial charge in [0.2, 0.25) is 5.89 Å². The van der Waals surface area contributed by atoms with Crippen molar-refractivity contribution in [3.8, 4) is 0 Å². The Kier molecular flexibility index (Phi) is 4.19. The first-order valence-electron chi connectivity index (χ1n) is 8.08. The van der Waals surface area contributed by atoms with Crippen LogP contribution >= 0.6 is 0 Å². The minimum Gasteiger partial charge on any atom is -0.339 e. The molecule has 7 heteroatoms. The van der Waals surface area contributed by atoms with Gasteiger partial charge in [-0.1, -0.05) is 19.0 Å². The van der Waals surface area contributed by atoms with Crippen LogP contribution < -0.4 is 0 Å². The van der Waals surface area contributed by atoms with Gasteiger partial charge in [0.1, 0.15) is 0 Å². The van der Waals surface area contributed by atoms with Crippen LogP contribution in [0.5, 0.6) is 0 Å². The predicted molar refractivity (Wildman–Crippen MR) is 84.2 cm³/mol. The van der Waals surface area contributed by atoms with E-state index in [1.807, 2.05) is 32.7 Å². The number of carbonyl (C=O) groups excluding carboxylic acids is 1. The Hall–Kier alpha value is -2.18. The summed E-state index contributed by atoms with van der Waals surface area (Å²) in [5.74, 6) is 1.77. The second-order valence-corrected chi connectivity index (χ2v) is 6.54. The number of amides is 1. The van der Waals surface area contributed by atoms with Crippen molar-refractivity contribution in [1.29, 1.82) is 0 Å². The van der Waals surface area contributed by atoms with Crippen LogP contribution in [-0.2, 0) is 7.05 Å². The smallest absolute Gasteiger partial charge is 0.257 e. The summed E-state index contributed by atoms with van der Waals surface area (Å²) >= 11 is 0. The molecule has 1 aliphatic rings. The van der Waals surface area contributed by atoms with Crippen molar-refractivity contribution in [3.63, 3.8) is 0 Å². The number of piperidine rings is 1. The first kappa shape index (κ1) is 15.7. The zero-order valence-corrected chi connectivity index (χ0v) is 14.1. The van der Waals surface area contributed by atoms with Crippen molar-refractivity contribution >= 4 is 5.91 Å². The van der Waals surface area contributed by atoms with Crippen LogP contribution in [0.4, 0.5) is 0 Å². The molecule has 3 rings (SSSR count). The maximum absolute atomic E-state index is 12.7. The minimum absolute atomic E-state index is 0.0351. The molecule has 0 radical (unpaired) electrons. The summed E-state index contributed by atoms with van der Waals surface area (Å²) in [7, 11) is 1.83. The molecule has 0 aromatic carbocycles. The van der Waals surface area contributed by atoms with Crippen molar-refractivity contribution in [2.45, 2.75) is 45.4 Å². The van der Waals surface area contributed by atoms with E-state index >= 15 is 0 Å². The second-order valence-electron chi connectivity index (χ2n) is 6.54. The van der Waals surface area contributed by atoms with Gasteiger partial charge in [0.05, 0.1) is 11.3 Å². The third kappa shape index (κ3) is 3.13. The molecule has 0 spiro atoms. The molecule has 1 amide bonds. The van der Waals surface area contributed by atoms with Crippen LogP contribution in [0.15, 0.2) is 10.7 Å². The van der Waals surface area contributed by atoms with Gasteiger partial charge in [-0.05, 0) is 19.8 Å². The molecule has 7 nitrogen and oxygen atoms in total. The number of hydrogen-bond donors (Lipinski definition) is 0. The summed E-state index contributed by atoms with van der Waals surface area (Å²) in [6, 6.07) is 0. The number of hydrogen-bond acceptors (Lipinski definition) is 5. The lowest BCUT2D eigenvalue weighted by atomic mass is 9.96. The first-order chi connectivity index (χ1) is 11.0. The lowest BCUT2D eigenvalue weighted by Crippen LogP contribution is -2.39. The summed E-state index contributed by atoms with van der Waals surface area (Å²) in [5, 5.41) is 8.37. The van der Waals surface area contributed by atoms with Crippen LogP contribution in [0, 0.1) is 6.92 Å². The van der Waals surface area contributed by atoms with Crippen LogP contribution in [-0.4, -0.2) is 43.8 Å². The van der Waals surface area contributed by atoms with Crippen molar-refractivity contribution in [2.24, 2.45) is 7.05 Å². The number of carbonyl (C=O) groups is 1. The molecule has 2 aromatic heterocycles. The van der Waals surface area contributed by atoms with Crippen molar-refractivity contribution in [2.75, 3.05) is 13.1 Å². The largest absolute Gasteiger partial charge is 0.339 e. The number of likely N-dealkylation sites (tertiary alicyclic amines) is 1. The highest BCUT2D eigenvalue weighted by Crippen LogP contribution is 2.27. The number of aromatic nitrogens is 4. The molecule has 0 N–H and O–H groups in total. The molecule has 3 heterocycles. The molecule has 0 saturated carbocycles.